The van der Waals surface area contributed by atoms with E-state index < -0.39 is 5.97 Å². The molecular weight excluding hydrogens is 430 g/mol. The van der Waals surface area contributed by atoms with E-state index in [0.29, 0.717) is 33.0 Å². The summed E-state index contributed by atoms with van der Waals surface area (Å²) in [6, 6.07) is 7.04. The SMILES string of the molecule is COC(=O)C1=C(C)N(Cc2ccco2)C(=O)/C1=C\c1cc2c(cc1Br)OCO2. The summed E-state index contributed by atoms with van der Waals surface area (Å²) in [7, 11) is 1.29. The Morgan fingerprint density at radius 2 is 2.07 bits per heavy atom. The predicted molar refractivity (Wildman–Crippen MR) is 102 cm³/mol. The molecule has 0 unspecified atom stereocenters. The standard InChI is InChI=1S/C20H16BrNO6/c1-11-18(20(24)25-2)14(19(23)22(11)9-13-4-3-5-26-13)6-12-7-16-17(8-15(12)21)28-10-27-16/h3-8H,9-10H2,1-2H3/b14-6-. The van der Waals surface area contributed by atoms with Crippen LogP contribution in [0.4, 0.5) is 0 Å². The molecule has 3 heterocycles. The van der Waals surface area contributed by atoms with Crippen LogP contribution in [0.3, 0.4) is 0 Å². The molecule has 2 aliphatic heterocycles. The third kappa shape index (κ3) is 3.09. The Morgan fingerprint density at radius 3 is 2.75 bits per heavy atom. The van der Waals surface area contributed by atoms with Crippen LogP contribution in [0.2, 0.25) is 0 Å². The summed E-state index contributed by atoms with van der Waals surface area (Å²) in [5.74, 6) is 0.927. The van der Waals surface area contributed by atoms with Gasteiger partial charge in [-0.25, -0.2) is 4.79 Å². The minimum Gasteiger partial charge on any atom is -0.467 e. The van der Waals surface area contributed by atoms with Gasteiger partial charge in [0.25, 0.3) is 5.91 Å². The van der Waals surface area contributed by atoms with E-state index in [4.69, 9.17) is 18.6 Å². The van der Waals surface area contributed by atoms with Crippen molar-refractivity contribution < 1.29 is 28.2 Å². The van der Waals surface area contributed by atoms with Gasteiger partial charge in [0, 0.05) is 10.2 Å². The fourth-order valence-corrected chi connectivity index (χ4v) is 3.61. The first-order valence-corrected chi connectivity index (χ1v) is 9.23. The van der Waals surface area contributed by atoms with Crippen LogP contribution in [-0.4, -0.2) is 30.7 Å². The summed E-state index contributed by atoms with van der Waals surface area (Å²) in [6.07, 6.45) is 3.18. The first-order valence-electron chi connectivity index (χ1n) is 8.44. The van der Waals surface area contributed by atoms with Gasteiger partial charge in [-0.3, -0.25) is 4.79 Å². The van der Waals surface area contributed by atoms with Crippen molar-refractivity contribution in [2.45, 2.75) is 13.5 Å². The molecule has 0 saturated heterocycles. The van der Waals surface area contributed by atoms with Crippen molar-refractivity contribution in [3.63, 3.8) is 0 Å². The zero-order chi connectivity index (χ0) is 19.8. The van der Waals surface area contributed by atoms with E-state index in [2.05, 4.69) is 15.9 Å². The number of carbonyl (C=O) groups excluding carboxylic acids is 2. The number of esters is 1. The molecule has 0 N–H and O–H groups in total. The molecule has 0 bridgehead atoms. The van der Waals surface area contributed by atoms with Crippen LogP contribution in [0.5, 0.6) is 11.5 Å². The lowest BCUT2D eigenvalue weighted by Crippen LogP contribution is -2.24. The number of fused-ring (bicyclic) bond motifs is 1. The van der Waals surface area contributed by atoms with Crippen LogP contribution in [-0.2, 0) is 20.9 Å². The summed E-state index contributed by atoms with van der Waals surface area (Å²) >= 11 is 3.48. The molecule has 144 valence electrons. The Hall–Kier alpha value is -3.00. The Balaban J connectivity index is 1.77. The molecule has 0 spiro atoms. The van der Waals surface area contributed by atoms with E-state index in [1.807, 2.05) is 0 Å². The van der Waals surface area contributed by atoms with Crippen molar-refractivity contribution in [1.82, 2.24) is 4.90 Å². The van der Waals surface area contributed by atoms with Gasteiger partial charge < -0.3 is 23.5 Å². The Bertz CT molecular complexity index is 1020. The first kappa shape index (κ1) is 18.4. The summed E-state index contributed by atoms with van der Waals surface area (Å²) in [4.78, 5) is 27.0. The second kappa shape index (κ2) is 7.20. The summed E-state index contributed by atoms with van der Waals surface area (Å²) in [6.45, 7) is 2.07. The molecule has 0 fully saturated rings. The molecule has 28 heavy (non-hydrogen) atoms. The summed E-state index contributed by atoms with van der Waals surface area (Å²) < 4.78 is 21.7. The molecule has 0 saturated carbocycles. The number of ether oxygens (including phenoxy) is 3. The molecule has 1 amide bonds. The maximum Gasteiger partial charge on any atom is 0.340 e. The number of hydrogen-bond acceptors (Lipinski definition) is 6. The van der Waals surface area contributed by atoms with Gasteiger partial charge in [0.15, 0.2) is 11.5 Å². The highest BCUT2D eigenvalue weighted by Crippen LogP contribution is 2.39. The number of carbonyl (C=O) groups is 2. The summed E-state index contributed by atoms with van der Waals surface area (Å²) in [5, 5.41) is 0. The van der Waals surface area contributed by atoms with Crippen LogP contribution in [0, 0.1) is 0 Å². The molecular formula is C20H16BrNO6. The van der Waals surface area contributed by atoms with Gasteiger partial charge in [-0.15, -0.1) is 0 Å². The Kier molecular flexibility index (Phi) is 4.72. The van der Waals surface area contributed by atoms with E-state index in [9.17, 15) is 9.59 Å². The number of amides is 1. The number of benzene rings is 1. The minimum atomic E-state index is -0.573. The van der Waals surface area contributed by atoms with Crippen LogP contribution < -0.4 is 9.47 Å². The van der Waals surface area contributed by atoms with Crippen LogP contribution in [0.15, 0.2) is 56.3 Å². The molecule has 1 aromatic carbocycles. The van der Waals surface area contributed by atoms with Crippen molar-refractivity contribution in [2.24, 2.45) is 0 Å². The number of nitrogens with zero attached hydrogens (tertiary/aromatic N) is 1. The van der Waals surface area contributed by atoms with E-state index in [0.717, 1.165) is 0 Å². The van der Waals surface area contributed by atoms with Crippen molar-refractivity contribution in [3.8, 4) is 11.5 Å². The number of methoxy groups -OCH3 is 1. The van der Waals surface area contributed by atoms with Crippen LogP contribution in [0.1, 0.15) is 18.2 Å². The van der Waals surface area contributed by atoms with Crippen molar-refractivity contribution >= 4 is 33.9 Å². The highest BCUT2D eigenvalue weighted by atomic mass is 79.9. The highest BCUT2D eigenvalue weighted by Gasteiger charge is 2.37. The third-order valence-electron chi connectivity index (χ3n) is 4.59. The van der Waals surface area contributed by atoms with Crippen LogP contribution >= 0.6 is 15.9 Å². The molecule has 0 radical (unpaired) electrons. The van der Waals surface area contributed by atoms with Gasteiger partial charge in [0.2, 0.25) is 6.79 Å². The van der Waals surface area contributed by atoms with Gasteiger partial charge in [0.1, 0.15) is 5.76 Å². The molecule has 1 aromatic heterocycles. The van der Waals surface area contributed by atoms with Crippen molar-refractivity contribution in [1.29, 1.82) is 0 Å². The molecule has 2 aliphatic rings. The molecule has 0 atom stereocenters. The Labute approximate surface area is 169 Å². The van der Waals surface area contributed by atoms with Gasteiger partial charge in [-0.1, -0.05) is 15.9 Å². The average molecular weight is 446 g/mol. The number of allylic oxidation sites excluding steroid dienone is 1. The first-order chi connectivity index (χ1) is 13.5. The Morgan fingerprint density at radius 1 is 1.32 bits per heavy atom. The van der Waals surface area contributed by atoms with Gasteiger partial charge >= 0.3 is 5.97 Å². The fraction of sp³-hybridized carbons (Fsp3) is 0.200. The van der Waals surface area contributed by atoms with Crippen molar-refractivity contribution in [2.75, 3.05) is 13.9 Å². The molecule has 2 aromatic rings. The number of furan rings is 1. The van der Waals surface area contributed by atoms with E-state index in [1.165, 1.54) is 18.3 Å². The molecule has 7 nitrogen and oxygen atoms in total. The molecule has 8 heteroatoms. The second-order valence-electron chi connectivity index (χ2n) is 6.21. The lowest BCUT2D eigenvalue weighted by atomic mass is 10.0. The normalized spacial score (nSPS) is 17.0. The number of halogens is 1. The van der Waals surface area contributed by atoms with Crippen molar-refractivity contribution in [3.05, 3.63) is 63.2 Å². The van der Waals surface area contributed by atoms with Crippen LogP contribution in [0.25, 0.3) is 6.08 Å². The lowest BCUT2D eigenvalue weighted by Gasteiger charge is -2.16. The average Bonchev–Trinajstić information content (AvgIpc) is 3.39. The lowest BCUT2D eigenvalue weighted by molar-refractivity contribution is -0.136. The second-order valence-corrected chi connectivity index (χ2v) is 7.06. The van der Waals surface area contributed by atoms with E-state index in [1.54, 1.807) is 37.3 Å². The predicted octanol–water partition coefficient (Wildman–Crippen LogP) is 3.64. The zero-order valence-corrected chi connectivity index (χ0v) is 16.7. The highest BCUT2D eigenvalue weighted by molar-refractivity contribution is 9.10. The van der Waals surface area contributed by atoms with Gasteiger partial charge in [-0.05, 0) is 42.8 Å². The topological polar surface area (TPSA) is 78.2 Å². The summed E-state index contributed by atoms with van der Waals surface area (Å²) in [5.41, 5.74) is 1.66. The fourth-order valence-electron chi connectivity index (χ4n) is 3.18. The smallest absolute Gasteiger partial charge is 0.340 e. The number of rotatable bonds is 4. The quantitative estimate of drug-likeness (QED) is 0.527. The van der Waals surface area contributed by atoms with E-state index >= 15 is 0 Å². The van der Waals surface area contributed by atoms with Gasteiger partial charge in [0.05, 0.1) is 31.1 Å². The molecule has 0 aliphatic carbocycles. The minimum absolute atomic E-state index is 0.143. The third-order valence-corrected chi connectivity index (χ3v) is 5.27. The van der Waals surface area contributed by atoms with Gasteiger partial charge in [-0.2, -0.15) is 0 Å². The van der Waals surface area contributed by atoms with E-state index in [-0.39, 0.29) is 30.4 Å². The maximum atomic E-state index is 13.1. The maximum absolute atomic E-state index is 13.1. The largest absolute Gasteiger partial charge is 0.467 e. The zero-order valence-electron chi connectivity index (χ0n) is 15.2. The monoisotopic (exact) mass is 445 g/mol. The molecule has 4 rings (SSSR count). The number of hydrogen-bond donors (Lipinski definition) is 0.